The molecule has 132 valence electrons. The molecule has 1 aliphatic heterocycles. The maximum atomic E-state index is 12.7. The standard InChI is InChI=1S/C20H21N5O/c1-14-4-6-15(7-5-14)17-11-23-24-19(17)16-3-2-10-25(13-16)20(26)18-12-21-8-9-22-18/h4-9,11-12,16H,2-3,10,13H2,1H3,(H,23,24)/t16-/m1/s1. The first kappa shape index (κ1) is 16.4. The Labute approximate surface area is 152 Å². The van der Waals surface area contributed by atoms with Gasteiger partial charge in [0.15, 0.2) is 0 Å². The second-order valence-electron chi connectivity index (χ2n) is 6.74. The van der Waals surface area contributed by atoms with E-state index in [0.29, 0.717) is 12.2 Å². The van der Waals surface area contributed by atoms with Crippen LogP contribution in [0.15, 0.2) is 49.1 Å². The molecule has 0 unspecified atom stereocenters. The van der Waals surface area contributed by atoms with E-state index in [0.717, 1.165) is 36.2 Å². The fourth-order valence-electron chi connectivity index (χ4n) is 3.54. The summed E-state index contributed by atoms with van der Waals surface area (Å²) in [7, 11) is 0. The van der Waals surface area contributed by atoms with Crippen molar-refractivity contribution in [1.29, 1.82) is 0 Å². The number of piperidine rings is 1. The van der Waals surface area contributed by atoms with Crippen molar-refractivity contribution >= 4 is 5.91 Å². The van der Waals surface area contributed by atoms with Gasteiger partial charge in [0.2, 0.25) is 0 Å². The van der Waals surface area contributed by atoms with Crippen LogP contribution in [0.3, 0.4) is 0 Å². The average Bonchev–Trinajstić information content (AvgIpc) is 3.19. The van der Waals surface area contributed by atoms with E-state index >= 15 is 0 Å². The summed E-state index contributed by atoms with van der Waals surface area (Å²) in [5, 5.41) is 7.45. The van der Waals surface area contributed by atoms with E-state index in [-0.39, 0.29) is 11.8 Å². The maximum Gasteiger partial charge on any atom is 0.274 e. The molecule has 1 fully saturated rings. The number of aromatic amines is 1. The Morgan fingerprint density at radius 1 is 1.19 bits per heavy atom. The van der Waals surface area contributed by atoms with Gasteiger partial charge in [0, 0.05) is 42.7 Å². The first-order valence-corrected chi connectivity index (χ1v) is 8.88. The van der Waals surface area contributed by atoms with Gasteiger partial charge in [0.05, 0.1) is 12.4 Å². The number of carbonyl (C=O) groups excluding carboxylic acids is 1. The van der Waals surface area contributed by atoms with Gasteiger partial charge in [-0.2, -0.15) is 5.10 Å². The molecular formula is C20H21N5O. The maximum absolute atomic E-state index is 12.7. The minimum absolute atomic E-state index is 0.0563. The lowest BCUT2D eigenvalue weighted by atomic mass is 9.90. The van der Waals surface area contributed by atoms with Gasteiger partial charge < -0.3 is 4.90 Å². The van der Waals surface area contributed by atoms with Crippen LogP contribution in [0.1, 0.15) is 40.5 Å². The number of benzene rings is 1. The van der Waals surface area contributed by atoms with E-state index in [1.807, 2.05) is 11.1 Å². The summed E-state index contributed by atoms with van der Waals surface area (Å²) in [6.07, 6.45) is 8.53. The van der Waals surface area contributed by atoms with Crippen LogP contribution in [0.25, 0.3) is 11.1 Å². The Morgan fingerprint density at radius 2 is 2.04 bits per heavy atom. The van der Waals surface area contributed by atoms with Crippen LogP contribution < -0.4 is 0 Å². The zero-order chi connectivity index (χ0) is 17.9. The van der Waals surface area contributed by atoms with Gasteiger partial charge in [-0.1, -0.05) is 29.8 Å². The molecule has 1 aliphatic rings. The molecule has 2 aromatic heterocycles. The lowest BCUT2D eigenvalue weighted by Crippen LogP contribution is -2.39. The third kappa shape index (κ3) is 3.22. The van der Waals surface area contributed by atoms with Crippen LogP contribution >= 0.6 is 0 Å². The highest BCUT2D eigenvalue weighted by Gasteiger charge is 2.28. The molecule has 1 atom stereocenters. The summed E-state index contributed by atoms with van der Waals surface area (Å²) < 4.78 is 0. The second kappa shape index (κ2) is 7.07. The smallest absolute Gasteiger partial charge is 0.274 e. The number of nitrogens with zero attached hydrogens (tertiary/aromatic N) is 4. The minimum atomic E-state index is -0.0563. The van der Waals surface area contributed by atoms with E-state index in [1.165, 1.54) is 11.8 Å². The van der Waals surface area contributed by atoms with Crippen LogP contribution in [0.2, 0.25) is 0 Å². The second-order valence-corrected chi connectivity index (χ2v) is 6.74. The van der Waals surface area contributed by atoms with E-state index in [1.54, 1.807) is 12.4 Å². The number of carbonyl (C=O) groups is 1. The highest BCUT2D eigenvalue weighted by molar-refractivity contribution is 5.92. The molecule has 1 aromatic carbocycles. The summed E-state index contributed by atoms with van der Waals surface area (Å²) in [6.45, 7) is 3.49. The largest absolute Gasteiger partial charge is 0.337 e. The van der Waals surface area contributed by atoms with Crippen molar-refractivity contribution in [1.82, 2.24) is 25.1 Å². The SMILES string of the molecule is Cc1ccc(-c2cn[nH]c2[C@@H]2CCCN(C(=O)c3cnccn3)C2)cc1. The van der Waals surface area contributed by atoms with Crippen LogP contribution in [0.5, 0.6) is 0 Å². The molecule has 0 aliphatic carbocycles. The molecule has 1 amide bonds. The third-order valence-corrected chi connectivity index (χ3v) is 4.93. The van der Waals surface area contributed by atoms with Gasteiger partial charge in [-0.05, 0) is 25.3 Å². The van der Waals surface area contributed by atoms with E-state index in [4.69, 9.17) is 0 Å². The minimum Gasteiger partial charge on any atom is -0.337 e. The number of hydrogen-bond donors (Lipinski definition) is 1. The van der Waals surface area contributed by atoms with Crippen LogP contribution in [-0.2, 0) is 0 Å². The van der Waals surface area contributed by atoms with E-state index < -0.39 is 0 Å². The molecule has 1 N–H and O–H groups in total. The van der Waals surface area contributed by atoms with Crippen molar-refractivity contribution < 1.29 is 4.79 Å². The Morgan fingerprint density at radius 3 is 2.81 bits per heavy atom. The lowest BCUT2D eigenvalue weighted by molar-refractivity contribution is 0.0699. The molecule has 0 spiro atoms. The first-order chi connectivity index (χ1) is 12.7. The summed E-state index contributed by atoms with van der Waals surface area (Å²) in [6, 6.07) is 8.46. The van der Waals surface area contributed by atoms with Gasteiger partial charge in [-0.3, -0.25) is 14.9 Å². The van der Waals surface area contributed by atoms with Crippen molar-refractivity contribution in [3.63, 3.8) is 0 Å². The number of hydrogen-bond acceptors (Lipinski definition) is 4. The Hall–Kier alpha value is -3.02. The molecule has 6 nitrogen and oxygen atoms in total. The number of rotatable bonds is 3. The number of likely N-dealkylation sites (tertiary alicyclic amines) is 1. The highest BCUT2D eigenvalue weighted by Crippen LogP contribution is 2.33. The Balaban J connectivity index is 1.57. The van der Waals surface area contributed by atoms with E-state index in [2.05, 4.69) is 51.4 Å². The van der Waals surface area contributed by atoms with Gasteiger partial charge in [0.25, 0.3) is 5.91 Å². The van der Waals surface area contributed by atoms with Gasteiger partial charge in [0.1, 0.15) is 5.69 Å². The normalized spacial score (nSPS) is 17.3. The predicted molar refractivity (Wildman–Crippen MR) is 98.7 cm³/mol. The molecule has 3 aromatic rings. The quantitative estimate of drug-likeness (QED) is 0.789. The molecule has 26 heavy (non-hydrogen) atoms. The zero-order valence-corrected chi connectivity index (χ0v) is 14.7. The predicted octanol–water partition coefficient (Wildman–Crippen LogP) is 3.19. The monoisotopic (exact) mass is 347 g/mol. The summed E-state index contributed by atoms with van der Waals surface area (Å²) in [4.78, 5) is 22.7. The van der Waals surface area contributed by atoms with Crippen LogP contribution in [-0.4, -0.2) is 44.1 Å². The van der Waals surface area contributed by atoms with E-state index in [9.17, 15) is 4.79 Å². The van der Waals surface area contributed by atoms with Crippen LogP contribution in [0.4, 0.5) is 0 Å². The Kier molecular flexibility index (Phi) is 4.48. The molecular weight excluding hydrogens is 326 g/mol. The summed E-state index contributed by atoms with van der Waals surface area (Å²) >= 11 is 0. The number of aromatic nitrogens is 4. The van der Waals surface area contributed by atoms with Crippen LogP contribution in [0, 0.1) is 6.92 Å². The topological polar surface area (TPSA) is 74.8 Å². The number of aryl methyl sites for hydroxylation is 1. The molecule has 1 saturated heterocycles. The zero-order valence-electron chi connectivity index (χ0n) is 14.7. The number of amides is 1. The highest BCUT2D eigenvalue weighted by atomic mass is 16.2. The van der Waals surface area contributed by atoms with Crippen molar-refractivity contribution in [2.24, 2.45) is 0 Å². The molecule has 0 radical (unpaired) electrons. The number of H-pyrrole nitrogens is 1. The fourth-order valence-corrected chi connectivity index (χ4v) is 3.54. The number of nitrogens with one attached hydrogen (secondary N) is 1. The van der Waals surface area contributed by atoms with Gasteiger partial charge in [-0.25, -0.2) is 4.98 Å². The van der Waals surface area contributed by atoms with Gasteiger partial charge >= 0.3 is 0 Å². The Bertz CT molecular complexity index is 888. The van der Waals surface area contributed by atoms with Gasteiger partial charge in [-0.15, -0.1) is 0 Å². The molecule has 6 heteroatoms. The van der Waals surface area contributed by atoms with Crippen molar-refractivity contribution in [3.05, 3.63) is 66.0 Å². The summed E-state index contributed by atoms with van der Waals surface area (Å²) in [5.41, 5.74) is 5.00. The van der Waals surface area contributed by atoms with Crippen molar-refractivity contribution in [3.8, 4) is 11.1 Å². The lowest BCUT2D eigenvalue weighted by Gasteiger charge is -2.32. The fraction of sp³-hybridized carbons (Fsp3) is 0.300. The third-order valence-electron chi connectivity index (χ3n) is 4.93. The average molecular weight is 347 g/mol. The van der Waals surface area contributed by atoms with Crippen molar-refractivity contribution in [2.45, 2.75) is 25.7 Å². The molecule has 0 saturated carbocycles. The summed E-state index contributed by atoms with van der Waals surface area (Å²) in [5.74, 6) is 0.183. The molecule has 0 bridgehead atoms. The molecule has 4 rings (SSSR count). The first-order valence-electron chi connectivity index (χ1n) is 8.88. The molecule has 3 heterocycles. The van der Waals surface area contributed by atoms with Crippen molar-refractivity contribution in [2.75, 3.05) is 13.1 Å².